The molecule has 4 nitrogen and oxygen atoms in total. The SMILES string of the molecule is Cc1ccc2c(c1)C(C)(C)C(=O)N2CC(=O)Nc1ccc(Cl)cc1C. The van der Waals surface area contributed by atoms with Gasteiger partial charge in [-0.25, -0.2) is 0 Å². The van der Waals surface area contributed by atoms with E-state index in [0.717, 1.165) is 22.4 Å². The summed E-state index contributed by atoms with van der Waals surface area (Å²) in [6, 6.07) is 11.2. The van der Waals surface area contributed by atoms with Gasteiger partial charge in [0, 0.05) is 16.4 Å². The first kappa shape index (κ1) is 17.5. The minimum atomic E-state index is -0.627. The Kier molecular flexibility index (Phi) is 4.33. The highest BCUT2D eigenvalue weighted by Gasteiger charge is 2.44. The van der Waals surface area contributed by atoms with Gasteiger partial charge < -0.3 is 10.2 Å². The molecule has 0 saturated carbocycles. The monoisotopic (exact) mass is 356 g/mol. The van der Waals surface area contributed by atoms with E-state index >= 15 is 0 Å². The topological polar surface area (TPSA) is 49.4 Å². The Labute approximate surface area is 152 Å². The lowest BCUT2D eigenvalue weighted by Gasteiger charge is -2.20. The fraction of sp³-hybridized carbons (Fsp3) is 0.300. The van der Waals surface area contributed by atoms with Gasteiger partial charge in [0.05, 0.1) is 5.41 Å². The number of nitrogens with one attached hydrogen (secondary N) is 1. The summed E-state index contributed by atoms with van der Waals surface area (Å²) < 4.78 is 0. The number of rotatable bonds is 3. The van der Waals surface area contributed by atoms with Crippen LogP contribution in [0.5, 0.6) is 0 Å². The number of aryl methyl sites for hydroxylation is 2. The second-order valence-electron chi connectivity index (χ2n) is 7.04. The van der Waals surface area contributed by atoms with Crippen LogP contribution >= 0.6 is 11.6 Å². The zero-order valence-electron chi connectivity index (χ0n) is 14.8. The predicted molar refractivity (Wildman–Crippen MR) is 101 cm³/mol. The van der Waals surface area contributed by atoms with E-state index in [0.29, 0.717) is 10.7 Å². The van der Waals surface area contributed by atoms with Crippen LogP contribution in [0.4, 0.5) is 11.4 Å². The molecule has 0 radical (unpaired) electrons. The number of hydrogen-bond donors (Lipinski definition) is 1. The summed E-state index contributed by atoms with van der Waals surface area (Å²) in [6.07, 6.45) is 0. The Morgan fingerprint density at radius 2 is 1.88 bits per heavy atom. The summed E-state index contributed by atoms with van der Waals surface area (Å²) in [4.78, 5) is 26.9. The van der Waals surface area contributed by atoms with Gasteiger partial charge in [-0.2, -0.15) is 0 Å². The van der Waals surface area contributed by atoms with Crippen LogP contribution in [0.15, 0.2) is 36.4 Å². The maximum Gasteiger partial charge on any atom is 0.244 e. The van der Waals surface area contributed by atoms with Gasteiger partial charge in [-0.1, -0.05) is 29.3 Å². The maximum atomic E-state index is 12.8. The molecule has 0 spiro atoms. The number of fused-ring (bicyclic) bond motifs is 1. The van der Waals surface area contributed by atoms with Gasteiger partial charge in [-0.15, -0.1) is 0 Å². The van der Waals surface area contributed by atoms with E-state index in [2.05, 4.69) is 5.32 Å². The standard InChI is InChI=1S/C20H21ClN2O2/c1-12-5-8-17-15(9-12)20(3,4)19(25)23(17)11-18(24)22-16-7-6-14(21)10-13(16)2/h5-10H,11H2,1-4H3,(H,22,24). The number of anilines is 2. The van der Waals surface area contributed by atoms with E-state index in [9.17, 15) is 9.59 Å². The first-order valence-corrected chi connectivity index (χ1v) is 8.57. The van der Waals surface area contributed by atoms with Crippen molar-refractivity contribution >= 4 is 34.8 Å². The van der Waals surface area contributed by atoms with Crippen LogP contribution in [-0.2, 0) is 15.0 Å². The molecule has 1 aliphatic heterocycles. The molecule has 0 bridgehead atoms. The first-order valence-electron chi connectivity index (χ1n) is 8.19. The number of carbonyl (C=O) groups excluding carboxylic acids is 2. The highest BCUT2D eigenvalue weighted by atomic mass is 35.5. The van der Waals surface area contributed by atoms with E-state index in [-0.39, 0.29) is 18.4 Å². The van der Waals surface area contributed by atoms with Crippen molar-refractivity contribution in [2.75, 3.05) is 16.8 Å². The van der Waals surface area contributed by atoms with Gasteiger partial charge in [0.15, 0.2) is 0 Å². The van der Waals surface area contributed by atoms with Crippen LogP contribution in [0, 0.1) is 13.8 Å². The van der Waals surface area contributed by atoms with Crippen molar-refractivity contribution in [3.63, 3.8) is 0 Å². The van der Waals surface area contributed by atoms with Crippen molar-refractivity contribution in [3.8, 4) is 0 Å². The third-order valence-corrected chi connectivity index (χ3v) is 4.90. The van der Waals surface area contributed by atoms with Gasteiger partial charge in [0.1, 0.15) is 6.54 Å². The Morgan fingerprint density at radius 1 is 1.16 bits per heavy atom. The summed E-state index contributed by atoms with van der Waals surface area (Å²) in [7, 11) is 0. The highest BCUT2D eigenvalue weighted by molar-refractivity contribution is 6.30. The Morgan fingerprint density at radius 3 is 2.56 bits per heavy atom. The molecule has 1 heterocycles. The number of amides is 2. The third-order valence-electron chi connectivity index (χ3n) is 4.66. The normalized spacial score (nSPS) is 15.2. The van der Waals surface area contributed by atoms with Crippen LogP contribution in [0.25, 0.3) is 0 Å². The molecule has 5 heteroatoms. The molecular formula is C20H21ClN2O2. The number of hydrogen-bond acceptors (Lipinski definition) is 2. The second-order valence-corrected chi connectivity index (χ2v) is 7.48. The zero-order chi connectivity index (χ0) is 18.4. The van der Waals surface area contributed by atoms with Crippen molar-refractivity contribution in [3.05, 3.63) is 58.1 Å². The average molecular weight is 357 g/mol. The Balaban J connectivity index is 1.83. The molecule has 0 saturated heterocycles. The van der Waals surface area contributed by atoms with Crippen LogP contribution in [0.1, 0.15) is 30.5 Å². The molecule has 2 amide bonds. The molecule has 0 unspecified atom stereocenters. The minimum Gasteiger partial charge on any atom is -0.324 e. The van der Waals surface area contributed by atoms with E-state index in [1.807, 2.05) is 45.9 Å². The summed E-state index contributed by atoms with van der Waals surface area (Å²) >= 11 is 5.94. The van der Waals surface area contributed by atoms with Gasteiger partial charge in [-0.3, -0.25) is 9.59 Å². The fourth-order valence-electron chi connectivity index (χ4n) is 3.21. The molecule has 0 aromatic heterocycles. The molecule has 0 atom stereocenters. The van der Waals surface area contributed by atoms with Crippen molar-refractivity contribution in [2.24, 2.45) is 0 Å². The molecule has 2 aromatic rings. The van der Waals surface area contributed by atoms with E-state index < -0.39 is 5.41 Å². The van der Waals surface area contributed by atoms with E-state index in [1.54, 1.807) is 23.1 Å². The lowest BCUT2D eigenvalue weighted by molar-refractivity contribution is -0.124. The molecule has 0 aliphatic carbocycles. The lowest BCUT2D eigenvalue weighted by atomic mass is 9.85. The predicted octanol–water partition coefficient (Wildman–Crippen LogP) is 4.22. The molecular weight excluding hydrogens is 336 g/mol. The van der Waals surface area contributed by atoms with Crippen molar-refractivity contribution < 1.29 is 9.59 Å². The van der Waals surface area contributed by atoms with Gasteiger partial charge >= 0.3 is 0 Å². The van der Waals surface area contributed by atoms with Gasteiger partial charge in [-0.05, 0) is 63.1 Å². The molecule has 25 heavy (non-hydrogen) atoms. The first-order chi connectivity index (χ1) is 11.7. The van der Waals surface area contributed by atoms with E-state index in [4.69, 9.17) is 11.6 Å². The molecule has 2 aromatic carbocycles. The summed E-state index contributed by atoms with van der Waals surface area (Å²) in [5, 5.41) is 3.48. The summed E-state index contributed by atoms with van der Waals surface area (Å²) in [5.74, 6) is -0.293. The van der Waals surface area contributed by atoms with Crippen LogP contribution in [0.2, 0.25) is 5.02 Å². The molecule has 1 N–H and O–H groups in total. The Hall–Kier alpha value is -2.33. The third kappa shape index (κ3) is 3.14. The molecule has 130 valence electrons. The number of carbonyl (C=O) groups is 2. The van der Waals surface area contributed by atoms with Crippen molar-refractivity contribution in [1.82, 2.24) is 0 Å². The minimum absolute atomic E-state index is 0.0135. The van der Waals surface area contributed by atoms with Gasteiger partial charge in [0.2, 0.25) is 11.8 Å². The fourth-order valence-corrected chi connectivity index (χ4v) is 3.43. The largest absolute Gasteiger partial charge is 0.324 e. The highest BCUT2D eigenvalue weighted by Crippen LogP contribution is 2.41. The Bertz CT molecular complexity index is 874. The molecule has 3 rings (SSSR count). The smallest absolute Gasteiger partial charge is 0.244 e. The lowest BCUT2D eigenvalue weighted by Crippen LogP contribution is -2.40. The van der Waals surface area contributed by atoms with Crippen LogP contribution < -0.4 is 10.2 Å². The quantitative estimate of drug-likeness (QED) is 0.895. The van der Waals surface area contributed by atoms with E-state index in [1.165, 1.54) is 0 Å². The molecule has 0 fully saturated rings. The molecule has 1 aliphatic rings. The maximum absolute atomic E-state index is 12.8. The van der Waals surface area contributed by atoms with Gasteiger partial charge in [0.25, 0.3) is 0 Å². The average Bonchev–Trinajstić information content (AvgIpc) is 2.71. The summed E-state index contributed by atoms with van der Waals surface area (Å²) in [5.41, 5.74) is 3.83. The zero-order valence-corrected chi connectivity index (χ0v) is 15.6. The van der Waals surface area contributed by atoms with Crippen LogP contribution in [-0.4, -0.2) is 18.4 Å². The van der Waals surface area contributed by atoms with Crippen molar-refractivity contribution in [2.45, 2.75) is 33.1 Å². The number of halogens is 1. The van der Waals surface area contributed by atoms with Crippen molar-refractivity contribution in [1.29, 1.82) is 0 Å². The van der Waals surface area contributed by atoms with Crippen LogP contribution in [0.3, 0.4) is 0 Å². The second kappa shape index (κ2) is 6.19. The number of nitrogens with zero attached hydrogens (tertiary/aromatic N) is 1. The summed E-state index contributed by atoms with van der Waals surface area (Å²) in [6.45, 7) is 7.66. The number of benzene rings is 2.